The van der Waals surface area contributed by atoms with Crippen molar-refractivity contribution < 1.29 is 19.1 Å². The molecular weight excluding hydrogens is 256 g/mol. The molecule has 0 fully saturated rings. The van der Waals surface area contributed by atoms with Crippen LogP contribution in [0.1, 0.15) is 46.5 Å². The van der Waals surface area contributed by atoms with Gasteiger partial charge in [-0.2, -0.15) is 0 Å². The molecule has 0 aromatic heterocycles. The smallest absolute Gasteiger partial charge is 0.330 e. The van der Waals surface area contributed by atoms with E-state index in [0.29, 0.717) is 13.2 Å². The fourth-order valence-electron chi connectivity index (χ4n) is 1.26. The molecule has 0 atom stereocenters. The zero-order chi connectivity index (χ0) is 15.8. The van der Waals surface area contributed by atoms with Crippen LogP contribution >= 0.6 is 0 Å². The molecule has 0 saturated heterocycles. The van der Waals surface area contributed by atoms with E-state index >= 15 is 0 Å². The summed E-state index contributed by atoms with van der Waals surface area (Å²) in [5.41, 5.74) is 0. The van der Waals surface area contributed by atoms with E-state index < -0.39 is 0 Å². The molecule has 0 rings (SSSR count). The predicted octanol–water partition coefficient (Wildman–Crippen LogP) is 3.67. The highest BCUT2D eigenvalue weighted by molar-refractivity contribution is 5.81. The van der Waals surface area contributed by atoms with Crippen LogP contribution in [0.5, 0.6) is 0 Å². The summed E-state index contributed by atoms with van der Waals surface area (Å²) in [7, 11) is 0. The first-order valence-electron chi connectivity index (χ1n) is 7.06. The Hall–Kier alpha value is -1.58. The van der Waals surface area contributed by atoms with Gasteiger partial charge in [-0.3, -0.25) is 0 Å². The van der Waals surface area contributed by atoms with Crippen LogP contribution in [0, 0.1) is 5.92 Å². The van der Waals surface area contributed by atoms with Crippen molar-refractivity contribution in [2.75, 3.05) is 13.2 Å². The summed E-state index contributed by atoms with van der Waals surface area (Å²) >= 11 is 0. The average molecular weight is 284 g/mol. The second kappa shape index (κ2) is 15.5. The summed E-state index contributed by atoms with van der Waals surface area (Å²) in [5.74, 6) is 0.0992. The Kier molecular flexibility index (Phi) is 16.0. The van der Waals surface area contributed by atoms with Crippen LogP contribution in [0.25, 0.3) is 0 Å². The third kappa shape index (κ3) is 18.8. The summed E-state index contributed by atoms with van der Waals surface area (Å²) in [6, 6.07) is 0. The molecule has 0 aliphatic heterocycles. The first-order chi connectivity index (χ1) is 9.47. The molecule has 4 nitrogen and oxygen atoms in total. The second-order valence-corrected chi connectivity index (χ2v) is 4.57. The van der Waals surface area contributed by atoms with E-state index in [1.165, 1.54) is 18.9 Å². The van der Waals surface area contributed by atoms with E-state index in [0.717, 1.165) is 24.8 Å². The highest BCUT2D eigenvalue weighted by atomic mass is 16.5. The van der Waals surface area contributed by atoms with Crippen LogP contribution in [0.2, 0.25) is 0 Å². The summed E-state index contributed by atoms with van der Waals surface area (Å²) in [6.07, 6.45) is 6.94. The van der Waals surface area contributed by atoms with Crippen LogP contribution < -0.4 is 0 Å². The average Bonchev–Trinajstić information content (AvgIpc) is 2.42. The van der Waals surface area contributed by atoms with Gasteiger partial charge in [0.2, 0.25) is 0 Å². The highest BCUT2D eigenvalue weighted by Crippen LogP contribution is 2.07. The zero-order valence-corrected chi connectivity index (χ0v) is 13.0. The van der Waals surface area contributed by atoms with Crippen molar-refractivity contribution in [3.63, 3.8) is 0 Å². The molecule has 0 saturated carbocycles. The van der Waals surface area contributed by atoms with Gasteiger partial charge in [0.05, 0.1) is 13.2 Å². The lowest BCUT2D eigenvalue weighted by molar-refractivity contribution is -0.138. The third-order valence-electron chi connectivity index (χ3n) is 2.29. The monoisotopic (exact) mass is 284 g/mol. The Balaban J connectivity index is 0. The fourth-order valence-corrected chi connectivity index (χ4v) is 1.26. The minimum atomic E-state index is -0.359. The van der Waals surface area contributed by atoms with Gasteiger partial charge in [0, 0.05) is 12.2 Å². The largest absolute Gasteiger partial charge is 0.463 e. The van der Waals surface area contributed by atoms with Crippen molar-refractivity contribution in [1.29, 1.82) is 0 Å². The molecule has 0 unspecified atom stereocenters. The number of carbonyl (C=O) groups is 2. The number of hydrogen-bond acceptors (Lipinski definition) is 4. The molecule has 4 heteroatoms. The van der Waals surface area contributed by atoms with Gasteiger partial charge in [-0.1, -0.05) is 46.3 Å². The molecule has 0 heterocycles. The Morgan fingerprint density at radius 3 is 1.95 bits per heavy atom. The predicted molar refractivity (Wildman–Crippen MR) is 81.3 cm³/mol. The molecule has 0 aliphatic carbocycles. The maximum atomic E-state index is 10.6. The molecule has 0 radical (unpaired) electrons. The Bertz CT molecular complexity index is 282. The second-order valence-electron chi connectivity index (χ2n) is 4.57. The Morgan fingerprint density at radius 2 is 1.55 bits per heavy atom. The first kappa shape index (κ1) is 20.7. The Labute approximate surface area is 122 Å². The first-order valence-corrected chi connectivity index (χ1v) is 7.06. The number of esters is 2. The molecule has 0 aromatic rings. The minimum Gasteiger partial charge on any atom is -0.463 e. The van der Waals surface area contributed by atoms with E-state index in [9.17, 15) is 9.59 Å². The quantitative estimate of drug-likeness (QED) is 0.368. The van der Waals surface area contributed by atoms with E-state index in [1.807, 2.05) is 0 Å². The van der Waals surface area contributed by atoms with E-state index in [1.54, 1.807) is 6.92 Å². The molecule has 0 aliphatic rings. The van der Waals surface area contributed by atoms with Crippen LogP contribution in [0.15, 0.2) is 25.3 Å². The lowest BCUT2D eigenvalue weighted by Gasteiger charge is -2.04. The van der Waals surface area contributed by atoms with Gasteiger partial charge in [0.15, 0.2) is 0 Å². The van der Waals surface area contributed by atoms with Gasteiger partial charge in [-0.25, -0.2) is 9.59 Å². The van der Waals surface area contributed by atoms with E-state index in [2.05, 4.69) is 31.7 Å². The van der Waals surface area contributed by atoms with Crippen LogP contribution in [0.4, 0.5) is 0 Å². The van der Waals surface area contributed by atoms with Crippen molar-refractivity contribution in [2.24, 2.45) is 5.92 Å². The van der Waals surface area contributed by atoms with Crippen LogP contribution in [-0.4, -0.2) is 25.2 Å². The molecule has 0 bridgehead atoms. The maximum Gasteiger partial charge on any atom is 0.330 e. The zero-order valence-electron chi connectivity index (χ0n) is 13.0. The maximum absolute atomic E-state index is 10.6. The number of ether oxygens (including phenoxy) is 2. The lowest BCUT2D eigenvalue weighted by atomic mass is 10.1. The molecule has 0 aromatic carbocycles. The summed E-state index contributed by atoms with van der Waals surface area (Å²) < 4.78 is 9.28. The standard InChI is InChI=1S/C11H20O2.C5H8O2/c1-4-11(12)13-9-7-5-6-8-10(2)3;1-3-5(6)7-4-2/h4,10H,1,5-9H2,2-3H3;3H,1,4H2,2H3. The van der Waals surface area contributed by atoms with Crippen molar-refractivity contribution in [3.05, 3.63) is 25.3 Å². The van der Waals surface area contributed by atoms with Gasteiger partial charge < -0.3 is 9.47 Å². The highest BCUT2D eigenvalue weighted by Gasteiger charge is 1.96. The topological polar surface area (TPSA) is 52.6 Å². The number of unbranched alkanes of at least 4 members (excludes halogenated alkanes) is 2. The summed E-state index contributed by atoms with van der Waals surface area (Å²) in [5, 5.41) is 0. The van der Waals surface area contributed by atoms with Gasteiger partial charge in [0.1, 0.15) is 0 Å². The lowest BCUT2D eigenvalue weighted by Crippen LogP contribution is -2.01. The number of rotatable bonds is 9. The van der Waals surface area contributed by atoms with Crippen molar-refractivity contribution in [3.8, 4) is 0 Å². The molecule has 0 amide bonds. The SMILES string of the molecule is C=CC(=O)OCC.C=CC(=O)OCCCCCC(C)C. The normalized spacial score (nSPS) is 9.20. The molecule has 0 N–H and O–H groups in total. The third-order valence-corrected chi connectivity index (χ3v) is 2.29. The van der Waals surface area contributed by atoms with Crippen LogP contribution in [-0.2, 0) is 19.1 Å². The molecule has 0 spiro atoms. The van der Waals surface area contributed by atoms with E-state index in [-0.39, 0.29) is 11.9 Å². The Morgan fingerprint density at radius 1 is 1.00 bits per heavy atom. The van der Waals surface area contributed by atoms with Crippen molar-refractivity contribution in [1.82, 2.24) is 0 Å². The fraction of sp³-hybridized carbons (Fsp3) is 0.625. The van der Waals surface area contributed by atoms with Crippen LogP contribution in [0.3, 0.4) is 0 Å². The minimum absolute atomic E-state index is 0.316. The van der Waals surface area contributed by atoms with Gasteiger partial charge in [0.25, 0.3) is 0 Å². The van der Waals surface area contributed by atoms with Gasteiger partial charge >= 0.3 is 11.9 Å². The van der Waals surface area contributed by atoms with Crippen molar-refractivity contribution in [2.45, 2.75) is 46.5 Å². The van der Waals surface area contributed by atoms with Gasteiger partial charge in [-0.05, 0) is 19.3 Å². The molecule has 116 valence electrons. The molecule has 20 heavy (non-hydrogen) atoms. The summed E-state index contributed by atoms with van der Waals surface area (Å²) in [4.78, 5) is 20.7. The number of hydrogen-bond donors (Lipinski definition) is 0. The van der Waals surface area contributed by atoms with Gasteiger partial charge in [-0.15, -0.1) is 0 Å². The van der Waals surface area contributed by atoms with Crippen molar-refractivity contribution >= 4 is 11.9 Å². The summed E-state index contributed by atoms with van der Waals surface area (Å²) in [6.45, 7) is 13.7. The number of carbonyl (C=O) groups excluding carboxylic acids is 2. The van der Waals surface area contributed by atoms with E-state index in [4.69, 9.17) is 4.74 Å². The molecular formula is C16H28O4.